The van der Waals surface area contributed by atoms with Gasteiger partial charge < -0.3 is 9.80 Å². The van der Waals surface area contributed by atoms with Crippen molar-refractivity contribution in [1.82, 2.24) is 29.5 Å². The van der Waals surface area contributed by atoms with Crippen LogP contribution in [-0.4, -0.2) is 55.7 Å². The van der Waals surface area contributed by atoms with Crippen LogP contribution in [0.4, 0.5) is 16.0 Å². The van der Waals surface area contributed by atoms with Crippen molar-refractivity contribution in [3.05, 3.63) is 48.6 Å². The Kier molecular flexibility index (Phi) is 3.43. The number of hydrogen-bond donors (Lipinski definition) is 0. The lowest BCUT2D eigenvalue weighted by atomic mass is 10.1. The lowest BCUT2D eigenvalue weighted by Gasteiger charge is -2.45. The number of aryl methyl sites for hydroxylation is 1. The van der Waals surface area contributed by atoms with Crippen LogP contribution in [0.25, 0.3) is 16.6 Å². The van der Waals surface area contributed by atoms with Crippen LogP contribution in [0.1, 0.15) is 5.82 Å². The molecule has 27 heavy (non-hydrogen) atoms. The molecule has 0 radical (unpaired) electrons. The SMILES string of the molecule is Cc1nnc2c(N3CC(N(C)c4ncnc5cc(F)ccc45)C3)nccn12. The van der Waals surface area contributed by atoms with Gasteiger partial charge in [-0.1, -0.05) is 0 Å². The third kappa shape index (κ3) is 2.46. The highest BCUT2D eigenvalue weighted by molar-refractivity contribution is 5.89. The normalized spacial score (nSPS) is 14.7. The number of aromatic nitrogens is 6. The number of hydrogen-bond acceptors (Lipinski definition) is 7. The first-order valence-corrected chi connectivity index (χ1v) is 8.66. The zero-order valence-electron chi connectivity index (χ0n) is 14.9. The van der Waals surface area contributed by atoms with E-state index in [-0.39, 0.29) is 11.9 Å². The van der Waals surface area contributed by atoms with Crippen molar-refractivity contribution in [2.24, 2.45) is 0 Å². The smallest absolute Gasteiger partial charge is 0.203 e. The minimum atomic E-state index is -0.299. The lowest BCUT2D eigenvalue weighted by Crippen LogP contribution is -2.59. The van der Waals surface area contributed by atoms with Crippen LogP contribution in [0.15, 0.2) is 36.9 Å². The largest absolute Gasteiger partial charge is 0.353 e. The Labute approximate surface area is 154 Å². The highest BCUT2D eigenvalue weighted by atomic mass is 19.1. The summed E-state index contributed by atoms with van der Waals surface area (Å²) in [5.41, 5.74) is 1.37. The van der Waals surface area contributed by atoms with Gasteiger partial charge in [0.25, 0.3) is 0 Å². The van der Waals surface area contributed by atoms with Crippen LogP contribution < -0.4 is 9.80 Å². The summed E-state index contributed by atoms with van der Waals surface area (Å²) in [4.78, 5) is 17.4. The van der Waals surface area contributed by atoms with Gasteiger partial charge in [-0.05, 0) is 19.1 Å². The maximum atomic E-state index is 13.5. The monoisotopic (exact) mass is 364 g/mol. The van der Waals surface area contributed by atoms with Crippen molar-refractivity contribution in [3.8, 4) is 0 Å². The van der Waals surface area contributed by atoms with Gasteiger partial charge in [0.15, 0.2) is 5.82 Å². The summed E-state index contributed by atoms with van der Waals surface area (Å²) in [6, 6.07) is 4.86. The molecule has 1 fully saturated rings. The number of fused-ring (bicyclic) bond motifs is 2. The van der Waals surface area contributed by atoms with Crippen LogP contribution in [0, 0.1) is 12.7 Å². The van der Waals surface area contributed by atoms with E-state index in [1.165, 1.54) is 18.5 Å². The van der Waals surface area contributed by atoms with Crippen LogP contribution in [0.3, 0.4) is 0 Å². The molecule has 0 saturated carbocycles. The van der Waals surface area contributed by atoms with Gasteiger partial charge in [0, 0.05) is 44.0 Å². The number of benzene rings is 1. The van der Waals surface area contributed by atoms with Gasteiger partial charge in [-0.2, -0.15) is 0 Å². The summed E-state index contributed by atoms with van der Waals surface area (Å²) in [6.45, 7) is 3.50. The van der Waals surface area contributed by atoms with Gasteiger partial charge >= 0.3 is 0 Å². The average Bonchev–Trinajstić information content (AvgIpc) is 3.01. The fourth-order valence-corrected chi connectivity index (χ4v) is 3.49. The Bertz CT molecular complexity index is 1150. The van der Waals surface area contributed by atoms with Gasteiger partial charge in [0.05, 0.1) is 11.6 Å². The topological polar surface area (TPSA) is 75.3 Å². The molecule has 4 aromatic rings. The quantitative estimate of drug-likeness (QED) is 0.549. The lowest BCUT2D eigenvalue weighted by molar-refractivity contribution is 0.491. The number of nitrogens with zero attached hydrogens (tertiary/aromatic N) is 8. The predicted octanol–water partition coefficient (Wildman–Crippen LogP) is 1.84. The summed E-state index contributed by atoms with van der Waals surface area (Å²) in [6.07, 6.45) is 5.11. The molecular weight excluding hydrogens is 347 g/mol. The molecule has 0 unspecified atom stereocenters. The molecule has 5 rings (SSSR count). The van der Waals surface area contributed by atoms with Crippen molar-refractivity contribution >= 4 is 28.2 Å². The van der Waals surface area contributed by atoms with Crippen molar-refractivity contribution < 1.29 is 4.39 Å². The molecule has 136 valence electrons. The highest BCUT2D eigenvalue weighted by Crippen LogP contribution is 2.29. The van der Waals surface area contributed by atoms with E-state index in [4.69, 9.17) is 0 Å². The average molecular weight is 364 g/mol. The van der Waals surface area contributed by atoms with Gasteiger partial charge in [-0.15, -0.1) is 10.2 Å². The van der Waals surface area contributed by atoms with E-state index in [9.17, 15) is 4.39 Å². The molecule has 4 heterocycles. The van der Waals surface area contributed by atoms with Gasteiger partial charge in [-0.3, -0.25) is 4.40 Å². The van der Waals surface area contributed by atoms with Crippen molar-refractivity contribution in [3.63, 3.8) is 0 Å². The molecule has 0 atom stereocenters. The molecule has 0 N–H and O–H groups in total. The number of rotatable bonds is 3. The van der Waals surface area contributed by atoms with E-state index in [0.717, 1.165) is 41.6 Å². The minimum absolute atomic E-state index is 0.263. The second kappa shape index (κ2) is 5.83. The molecule has 0 bridgehead atoms. The molecule has 9 heteroatoms. The molecule has 8 nitrogen and oxygen atoms in total. The Hall–Kier alpha value is -3.36. The van der Waals surface area contributed by atoms with Crippen LogP contribution in [0.5, 0.6) is 0 Å². The van der Waals surface area contributed by atoms with E-state index in [0.29, 0.717) is 5.52 Å². The van der Waals surface area contributed by atoms with E-state index in [2.05, 4.69) is 34.9 Å². The summed E-state index contributed by atoms with van der Waals surface area (Å²) in [5.74, 6) is 2.17. The fourth-order valence-electron chi connectivity index (χ4n) is 3.49. The number of anilines is 2. The first kappa shape index (κ1) is 15.9. The first-order valence-electron chi connectivity index (χ1n) is 8.66. The Morgan fingerprint density at radius 1 is 1.15 bits per heavy atom. The van der Waals surface area contributed by atoms with E-state index < -0.39 is 0 Å². The zero-order chi connectivity index (χ0) is 18.5. The molecule has 1 saturated heterocycles. The highest BCUT2D eigenvalue weighted by Gasteiger charge is 2.33. The molecule has 1 aliphatic heterocycles. The van der Waals surface area contributed by atoms with Crippen LogP contribution in [0.2, 0.25) is 0 Å². The summed E-state index contributed by atoms with van der Waals surface area (Å²) < 4.78 is 15.4. The summed E-state index contributed by atoms with van der Waals surface area (Å²) in [5, 5.41) is 9.21. The van der Waals surface area contributed by atoms with Gasteiger partial charge in [0.1, 0.15) is 23.8 Å². The van der Waals surface area contributed by atoms with Crippen molar-refractivity contribution in [2.45, 2.75) is 13.0 Å². The molecule has 1 aromatic carbocycles. The van der Waals surface area contributed by atoms with Crippen LogP contribution in [-0.2, 0) is 0 Å². The zero-order valence-corrected chi connectivity index (χ0v) is 14.9. The van der Waals surface area contributed by atoms with Crippen molar-refractivity contribution in [1.29, 1.82) is 0 Å². The van der Waals surface area contributed by atoms with Crippen LogP contribution >= 0.6 is 0 Å². The standard InChI is InChI=1S/C18H17FN8/c1-11-23-24-18-17(20-5-6-27(11)18)26-8-13(9-26)25(2)16-14-4-3-12(19)7-15(14)21-10-22-16/h3-7,10,13H,8-9H2,1-2H3. The predicted molar refractivity (Wildman–Crippen MR) is 99.4 cm³/mol. The Balaban J connectivity index is 1.41. The molecule has 3 aromatic heterocycles. The maximum Gasteiger partial charge on any atom is 0.203 e. The van der Waals surface area contributed by atoms with E-state index >= 15 is 0 Å². The minimum Gasteiger partial charge on any atom is -0.353 e. The molecule has 0 spiro atoms. The number of halogens is 1. The first-order chi connectivity index (χ1) is 13.1. The third-order valence-corrected chi connectivity index (χ3v) is 5.10. The number of likely N-dealkylation sites (N-methyl/N-ethyl adjacent to an activating group) is 1. The second-order valence-electron chi connectivity index (χ2n) is 6.72. The Morgan fingerprint density at radius 3 is 2.85 bits per heavy atom. The summed E-state index contributed by atoms with van der Waals surface area (Å²) in [7, 11) is 2.00. The molecular formula is C18H17FN8. The maximum absolute atomic E-state index is 13.5. The molecule has 0 amide bonds. The molecule has 1 aliphatic rings. The third-order valence-electron chi connectivity index (χ3n) is 5.10. The molecule has 0 aliphatic carbocycles. The second-order valence-corrected chi connectivity index (χ2v) is 6.72. The Morgan fingerprint density at radius 2 is 2.00 bits per heavy atom. The van der Waals surface area contributed by atoms with E-state index in [1.807, 2.05) is 24.6 Å². The van der Waals surface area contributed by atoms with Gasteiger partial charge in [0.2, 0.25) is 5.65 Å². The van der Waals surface area contributed by atoms with E-state index in [1.54, 1.807) is 12.3 Å². The summed E-state index contributed by atoms with van der Waals surface area (Å²) >= 11 is 0. The van der Waals surface area contributed by atoms with Crippen molar-refractivity contribution in [2.75, 3.05) is 29.9 Å². The fraction of sp³-hybridized carbons (Fsp3) is 0.278. The van der Waals surface area contributed by atoms with Gasteiger partial charge in [-0.25, -0.2) is 19.3 Å².